The molecule has 2 rings (SSSR count). The van der Waals surface area contributed by atoms with Crippen LogP contribution >= 0.6 is 23.4 Å². The van der Waals surface area contributed by atoms with E-state index in [1.54, 1.807) is 24.5 Å². The average molecular weight is 319 g/mol. The van der Waals surface area contributed by atoms with Crippen LogP contribution in [0.15, 0.2) is 35.4 Å². The summed E-state index contributed by atoms with van der Waals surface area (Å²) in [5.74, 6) is -0.0848. The van der Waals surface area contributed by atoms with E-state index in [0.717, 1.165) is 5.56 Å². The summed E-state index contributed by atoms with van der Waals surface area (Å²) in [4.78, 5) is 11.9. The van der Waals surface area contributed by atoms with Crippen molar-refractivity contribution >= 4 is 41.2 Å². The third-order valence-corrected chi connectivity index (χ3v) is 3.63. The van der Waals surface area contributed by atoms with E-state index in [0.29, 0.717) is 15.6 Å². The molecule has 0 unspecified atom stereocenters. The number of aromatic amines is 1. The van der Waals surface area contributed by atoms with E-state index in [-0.39, 0.29) is 11.7 Å². The minimum absolute atomic E-state index is 0.288. The van der Waals surface area contributed by atoms with E-state index in [2.05, 4.69) is 15.5 Å². The van der Waals surface area contributed by atoms with Gasteiger partial charge in [-0.15, -0.1) is 11.8 Å². The Hall–Kier alpha value is -2.23. The quantitative estimate of drug-likeness (QED) is 0.669. The van der Waals surface area contributed by atoms with Gasteiger partial charge in [0, 0.05) is 11.1 Å². The molecular formula is C14H11ClN4OS. The number of benzene rings is 1. The van der Waals surface area contributed by atoms with Gasteiger partial charge in [-0.3, -0.25) is 9.89 Å². The largest absolute Gasteiger partial charge is 0.306 e. The first-order chi connectivity index (χ1) is 10.2. The van der Waals surface area contributed by atoms with Crippen molar-refractivity contribution in [1.82, 2.24) is 10.2 Å². The SMILES string of the molecule is CSc1n[nH]c(NC(=O)/C=C/c2ccccc2Cl)c1C#N. The summed E-state index contributed by atoms with van der Waals surface area (Å²) in [5, 5.41) is 19.3. The van der Waals surface area contributed by atoms with Crippen molar-refractivity contribution in [1.29, 1.82) is 5.26 Å². The van der Waals surface area contributed by atoms with Crippen LogP contribution in [-0.2, 0) is 4.79 Å². The van der Waals surface area contributed by atoms with E-state index in [4.69, 9.17) is 16.9 Å². The van der Waals surface area contributed by atoms with E-state index < -0.39 is 0 Å². The Morgan fingerprint density at radius 3 is 2.95 bits per heavy atom. The third-order valence-electron chi connectivity index (χ3n) is 2.61. The number of hydrogen-bond acceptors (Lipinski definition) is 4. The molecule has 0 atom stereocenters. The van der Waals surface area contributed by atoms with E-state index in [9.17, 15) is 4.79 Å². The van der Waals surface area contributed by atoms with Crippen LogP contribution in [0.4, 0.5) is 5.82 Å². The van der Waals surface area contributed by atoms with Gasteiger partial charge in [-0.1, -0.05) is 29.8 Å². The third kappa shape index (κ3) is 3.66. The maximum Gasteiger partial charge on any atom is 0.249 e. The Morgan fingerprint density at radius 2 is 2.29 bits per heavy atom. The number of amides is 1. The fourth-order valence-corrected chi connectivity index (χ4v) is 2.30. The number of H-pyrrole nitrogens is 1. The molecule has 0 saturated heterocycles. The first-order valence-corrected chi connectivity index (χ1v) is 7.52. The second-order valence-corrected chi connectivity index (χ2v) is 5.14. The number of aromatic nitrogens is 2. The molecule has 0 radical (unpaired) electrons. The average Bonchev–Trinajstić information content (AvgIpc) is 2.88. The number of thioether (sulfide) groups is 1. The molecule has 0 aliphatic rings. The van der Waals surface area contributed by atoms with Crippen molar-refractivity contribution < 1.29 is 4.79 Å². The second kappa shape index (κ2) is 6.97. The van der Waals surface area contributed by atoms with Gasteiger partial charge in [0.05, 0.1) is 0 Å². The number of halogens is 1. The molecule has 1 aromatic carbocycles. The van der Waals surface area contributed by atoms with Crippen molar-refractivity contribution in [2.45, 2.75) is 5.03 Å². The molecule has 21 heavy (non-hydrogen) atoms. The van der Waals surface area contributed by atoms with Crippen LogP contribution in [0.25, 0.3) is 6.08 Å². The lowest BCUT2D eigenvalue weighted by Crippen LogP contribution is -2.09. The zero-order chi connectivity index (χ0) is 15.2. The van der Waals surface area contributed by atoms with Gasteiger partial charge in [-0.2, -0.15) is 10.4 Å². The minimum atomic E-state index is -0.372. The summed E-state index contributed by atoms with van der Waals surface area (Å²) in [6.45, 7) is 0. The molecule has 1 aromatic heterocycles. The van der Waals surface area contributed by atoms with Crippen LogP contribution in [0.1, 0.15) is 11.1 Å². The normalized spacial score (nSPS) is 10.5. The molecule has 0 bridgehead atoms. The molecule has 0 spiro atoms. The van der Waals surface area contributed by atoms with Gasteiger partial charge in [-0.25, -0.2) is 0 Å². The van der Waals surface area contributed by atoms with Gasteiger partial charge in [0.2, 0.25) is 5.91 Å². The Kier molecular flexibility index (Phi) is 5.04. The van der Waals surface area contributed by atoms with Gasteiger partial charge in [0.15, 0.2) is 0 Å². The summed E-state index contributed by atoms with van der Waals surface area (Å²) in [6, 6.07) is 9.20. The number of carbonyl (C=O) groups is 1. The summed E-state index contributed by atoms with van der Waals surface area (Å²) in [7, 11) is 0. The molecular weight excluding hydrogens is 308 g/mol. The van der Waals surface area contributed by atoms with Gasteiger partial charge < -0.3 is 5.32 Å². The summed E-state index contributed by atoms with van der Waals surface area (Å²) in [6.07, 6.45) is 4.76. The van der Waals surface area contributed by atoms with Crippen LogP contribution in [0.3, 0.4) is 0 Å². The highest BCUT2D eigenvalue weighted by atomic mass is 35.5. The van der Waals surface area contributed by atoms with E-state index >= 15 is 0 Å². The number of nitrogens with one attached hydrogen (secondary N) is 2. The summed E-state index contributed by atoms with van der Waals surface area (Å²) < 4.78 is 0. The Balaban J connectivity index is 2.11. The maximum absolute atomic E-state index is 11.9. The fraction of sp³-hybridized carbons (Fsp3) is 0.0714. The molecule has 2 N–H and O–H groups in total. The topological polar surface area (TPSA) is 81.6 Å². The minimum Gasteiger partial charge on any atom is -0.306 e. The highest BCUT2D eigenvalue weighted by Crippen LogP contribution is 2.23. The number of hydrogen-bond donors (Lipinski definition) is 2. The molecule has 106 valence electrons. The fourth-order valence-electron chi connectivity index (χ4n) is 1.61. The Morgan fingerprint density at radius 1 is 1.52 bits per heavy atom. The zero-order valence-electron chi connectivity index (χ0n) is 11.1. The van der Waals surface area contributed by atoms with Crippen molar-refractivity contribution in [3.05, 3.63) is 46.5 Å². The van der Waals surface area contributed by atoms with Gasteiger partial charge in [-0.05, 0) is 24.0 Å². The second-order valence-electron chi connectivity index (χ2n) is 3.94. The van der Waals surface area contributed by atoms with Gasteiger partial charge in [0.25, 0.3) is 0 Å². The molecule has 1 amide bonds. The Bertz CT molecular complexity index is 733. The summed E-state index contributed by atoms with van der Waals surface area (Å²) >= 11 is 7.32. The first kappa shape index (κ1) is 15.2. The monoisotopic (exact) mass is 318 g/mol. The molecule has 1 heterocycles. The van der Waals surface area contributed by atoms with Crippen molar-refractivity contribution in [2.24, 2.45) is 0 Å². The predicted molar refractivity (Wildman–Crippen MR) is 84.2 cm³/mol. The van der Waals surface area contributed by atoms with Crippen LogP contribution in [-0.4, -0.2) is 22.4 Å². The molecule has 5 nitrogen and oxygen atoms in total. The zero-order valence-corrected chi connectivity index (χ0v) is 12.6. The maximum atomic E-state index is 11.9. The Labute approximate surface area is 131 Å². The van der Waals surface area contributed by atoms with Crippen LogP contribution in [0.5, 0.6) is 0 Å². The highest BCUT2D eigenvalue weighted by Gasteiger charge is 2.13. The number of nitrogens with zero attached hydrogens (tertiary/aromatic N) is 2. The van der Waals surface area contributed by atoms with Crippen LogP contribution in [0.2, 0.25) is 5.02 Å². The van der Waals surface area contributed by atoms with Gasteiger partial charge in [0.1, 0.15) is 22.5 Å². The standard InChI is InChI=1S/C14H11ClN4OS/c1-21-14-10(8-16)13(18-19-14)17-12(20)7-6-9-4-2-3-5-11(9)15/h2-7H,1H3,(H2,17,18,19,20)/b7-6+. The number of carbonyl (C=O) groups excluding carboxylic acids is 1. The highest BCUT2D eigenvalue weighted by molar-refractivity contribution is 7.98. The lowest BCUT2D eigenvalue weighted by Gasteiger charge is -1.99. The molecule has 0 aliphatic carbocycles. The molecule has 0 aliphatic heterocycles. The number of nitriles is 1. The summed E-state index contributed by atoms with van der Waals surface area (Å²) in [5.41, 5.74) is 1.06. The predicted octanol–water partition coefficient (Wildman–Crippen LogP) is 3.31. The van der Waals surface area contributed by atoms with E-state index in [1.165, 1.54) is 17.8 Å². The lowest BCUT2D eigenvalue weighted by molar-refractivity contribution is -0.111. The molecule has 0 saturated carbocycles. The van der Waals surface area contributed by atoms with E-state index in [1.807, 2.05) is 18.2 Å². The van der Waals surface area contributed by atoms with Crippen LogP contribution in [0, 0.1) is 11.3 Å². The van der Waals surface area contributed by atoms with Gasteiger partial charge >= 0.3 is 0 Å². The number of anilines is 1. The van der Waals surface area contributed by atoms with Crippen molar-refractivity contribution in [3.63, 3.8) is 0 Å². The lowest BCUT2D eigenvalue weighted by atomic mass is 10.2. The van der Waals surface area contributed by atoms with Crippen molar-refractivity contribution in [3.8, 4) is 6.07 Å². The van der Waals surface area contributed by atoms with Crippen molar-refractivity contribution in [2.75, 3.05) is 11.6 Å². The molecule has 2 aromatic rings. The first-order valence-electron chi connectivity index (χ1n) is 5.91. The molecule has 0 fully saturated rings. The number of rotatable bonds is 4. The smallest absolute Gasteiger partial charge is 0.249 e. The van der Waals surface area contributed by atoms with Crippen LogP contribution < -0.4 is 5.32 Å². The molecule has 7 heteroatoms.